The number of aromatic nitrogens is 1. The smallest absolute Gasteiger partial charge is 0.245 e. The molecule has 24 heavy (non-hydrogen) atoms. The van der Waals surface area contributed by atoms with Gasteiger partial charge >= 0.3 is 0 Å². The molecule has 4 rings (SSSR count). The van der Waals surface area contributed by atoms with Crippen molar-refractivity contribution < 1.29 is 15.0 Å². The lowest BCUT2D eigenvalue weighted by Crippen LogP contribution is -2.36. The molecule has 3 N–H and O–H groups in total. The van der Waals surface area contributed by atoms with E-state index in [4.69, 9.17) is 0 Å². The van der Waals surface area contributed by atoms with Crippen molar-refractivity contribution >= 4 is 11.7 Å². The fourth-order valence-electron chi connectivity index (χ4n) is 3.29. The molecule has 0 fully saturated rings. The first-order valence-corrected chi connectivity index (χ1v) is 7.48. The Morgan fingerprint density at radius 3 is 1.92 bits per heavy atom. The first-order chi connectivity index (χ1) is 11.6. The molecule has 0 radical (unpaired) electrons. The van der Waals surface area contributed by atoms with E-state index in [0.29, 0.717) is 5.82 Å². The number of pyridine rings is 1. The van der Waals surface area contributed by atoms with Gasteiger partial charge in [-0.1, -0.05) is 30.3 Å². The molecule has 2 heterocycles. The van der Waals surface area contributed by atoms with Crippen LogP contribution in [0.2, 0.25) is 0 Å². The maximum absolute atomic E-state index is 13.0. The van der Waals surface area contributed by atoms with Crippen molar-refractivity contribution in [2.75, 3.05) is 5.32 Å². The van der Waals surface area contributed by atoms with Crippen molar-refractivity contribution in [2.45, 2.75) is 5.41 Å². The summed E-state index contributed by atoms with van der Waals surface area (Å²) in [4.78, 5) is 17.3. The Morgan fingerprint density at radius 1 is 0.833 bits per heavy atom. The fourth-order valence-corrected chi connectivity index (χ4v) is 3.29. The fraction of sp³-hybridized carbons (Fsp3) is 0.0526. The van der Waals surface area contributed by atoms with Crippen LogP contribution in [0.5, 0.6) is 11.5 Å². The topological polar surface area (TPSA) is 82.5 Å². The highest BCUT2D eigenvalue weighted by atomic mass is 16.3. The molecule has 1 amide bonds. The van der Waals surface area contributed by atoms with Crippen LogP contribution in [0.4, 0.5) is 5.82 Å². The van der Waals surface area contributed by atoms with Crippen LogP contribution in [0, 0.1) is 0 Å². The lowest BCUT2D eigenvalue weighted by molar-refractivity contribution is -0.118. The van der Waals surface area contributed by atoms with E-state index in [1.807, 2.05) is 6.07 Å². The molecule has 2 aromatic carbocycles. The zero-order valence-corrected chi connectivity index (χ0v) is 12.6. The van der Waals surface area contributed by atoms with Gasteiger partial charge in [-0.05, 0) is 41.5 Å². The lowest BCUT2D eigenvalue weighted by atomic mass is 9.70. The number of fused-ring (bicyclic) bond motifs is 1. The van der Waals surface area contributed by atoms with Crippen molar-refractivity contribution in [1.82, 2.24) is 4.98 Å². The standard InChI is InChI=1S/C19H14N2O3/c22-14-7-3-12(4-8-14)19(13-5-9-15(23)10-6-13)16-2-1-11-20-17(16)21-18(19)24/h1-11,22-23H,(H,20,21,24). The van der Waals surface area contributed by atoms with E-state index < -0.39 is 5.41 Å². The zero-order chi connectivity index (χ0) is 16.7. The molecule has 0 spiro atoms. The molecular weight excluding hydrogens is 304 g/mol. The summed E-state index contributed by atoms with van der Waals surface area (Å²) in [6, 6.07) is 16.8. The summed E-state index contributed by atoms with van der Waals surface area (Å²) in [6.45, 7) is 0. The second-order valence-electron chi connectivity index (χ2n) is 5.70. The summed E-state index contributed by atoms with van der Waals surface area (Å²) in [5.41, 5.74) is 1.10. The van der Waals surface area contributed by atoms with Gasteiger partial charge in [0.15, 0.2) is 0 Å². The van der Waals surface area contributed by atoms with Gasteiger partial charge in [0.05, 0.1) is 0 Å². The van der Waals surface area contributed by atoms with Crippen LogP contribution in [0.1, 0.15) is 16.7 Å². The maximum atomic E-state index is 13.0. The van der Waals surface area contributed by atoms with Crippen LogP contribution in [-0.4, -0.2) is 21.1 Å². The third kappa shape index (κ3) is 1.88. The molecule has 0 saturated heterocycles. The van der Waals surface area contributed by atoms with Crippen LogP contribution in [0.25, 0.3) is 0 Å². The first-order valence-electron chi connectivity index (χ1n) is 7.48. The van der Waals surface area contributed by atoms with Crippen LogP contribution in [0.3, 0.4) is 0 Å². The zero-order valence-electron chi connectivity index (χ0n) is 12.6. The molecule has 1 aromatic heterocycles. The monoisotopic (exact) mass is 318 g/mol. The third-order valence-electron chi connectivity index (χ3n) is 4.38. The Balaban J connectivity index is 2.06. The Kier molecular flexibility index (Phi) is 3.03. The summed E-state index contributed by atoms with van der Waals surface area (Å²) in [5.74, 6) is 0.560. The molecule has 3 aromatic rings. The number of anilines is 1. The average molecular weight is 318 g/mol. The van der Waals surface area contributed by atoms with Crippen molar-refractivity contribution in [3.8, 4) is 11.5 Å². The van der Waals surface area contributed by atoms with E-state index in [1.165, 1.54) is 0 Å². The van der Waals surface area contributed by atoms with Crippen LogP contribution < -0.4 is 5.32 Å². The minimum Gasteiger partial charge on any atom is -0.508 e. The van der Waals surface area contributed by atoms with Gasteiger partial charge in [-0.15, -0.1) is 0 Å². The number of hydrogen-bond acceptors (Lipinski definition) is 4. The Hall–Kier alpha value is -3.34. The quantitative estimate of drug-likeness (QED) is 0.678. The predicted octanol–water partition coefficient (Wildman–Crippen LogP) is 2.78. The number of carbonyl (C=O) groups excluding carboxylic acids is 1. The number of nitrogens with one attached hydrogen (secondary N) is 1. The molecule has 1 aliphatic rings. The number of benzene rings is 2. The minimum absolute atomic E-state index is 0.129. The van der Waals surface area contributed by atoms with Gasteiger partial charge < -0.3 is 15.5 Å². The normalized spacial score (nSPS) is 14.9. The highest BCUT2D eigenvalue weighted by Gasteiger charge is 2.50. The highest BCUT2D eigenvalue weighted by Crippen LogP contribution is 2.47. The van der Waals surface area contributed by atoms with E-state index in [-0.39, 0.29) is 17.4 Å². The predicted molar refractivity (Wildman–Crippen MR) is 89.0 cm³/mol. The maximum Gasteiger partial charge on any atom is 0.245 e. The molecule has 0 unspecified atom stereocenters. The molecule has 0 atom stereocenters. The lowest BCUT2D eigenvalue weighted by Gasteiger charge is -2.28. The van der Waals surface area contributed by atoms with Gasteiger partial charge in [-0.3, -0.25) is 4.79 Å². The van der Waals surface area contributed by atoms with Crippen LogP contribution in [0.15, 0.2) is 66.9 Å². The average Bonchev–Trinajstić information content (AvgIpc) is 2.89. The van der Waals surface area contributed by atoms with Gasteiger partial charge in [0.25, 0.3) is 0 Å². The molecular formula is C19H14N2O3. The van der Waals surface area contributed by atoms with Crippen molar-refractivity contribution in [3.05, 3.63) is 83.6 Å². The van der Waals surface area contributed by atoms with Gasteiger partial charge in [-0.2, -0.15) is 0 Å². The highest BCUT2D eigenvalue weighted by molar-refractivity contribution is 6.10. The van der Waals surface area contributed by atoms with E-state index in [2.05, 4.69) is 10.3 Å². The number of rotatable bonds is 2. The molecule has 5 heteroatoms. The van der Waals surface area contributed by atoms with Gasteiger partial charge in [-0.25, -0.2) is 4.98 Å². The number of phenolic OH excluding ortho intramolecular Hbond substituents is 2. The number of aromatic hydroxyl groups is 2. The van der Waals surface area contributed by atoms with E-state index in [0.717, 1.165) is 16.7 Å². The van der Waals surface area contributed by atoms with Crippen LogP contribution in [-0.2, 0) is 10.2 Å². The summed E-state index contributed by atoms with van der Waals surface area (Å²) in [5, 5.41) is 22.1. The second-order valence-corrected chi connectivity index (χ2v) is 5.70. The second kappa shape index (κ2) is 5.09. The molecule has 0 aliphatic carbocycles. The van der Waals surface area contributed by atoms with Crippen molar-refractivity contribution in [2.24, 2.45) is 0 Å². The van der Waals surface area contributed by atoms with Gasteiger partial charge in [0.1, 0.15) is 22.7 Å². The minimum atomic E-state index is -1.08. The summed E-state index contributed by atoms with van der Waals surface area (Å²) in [7, 11) is 0. The number of phenols is 2. The summed E-state index contributed by atoms with van der Waals surface area (Å²) < 4.78 is 0. The van der Waals surface area contributed by atoms with E-state index in [1.54, 1.807) is 60.8 Å². The number of carbonyl (C=O) groups is 1. The number of nitrogens with zero attached hydrogens (tertiary/aromatic N) is 1. The SMILES string of the molecule is O=C1Nc2ncccc2C1(c1ccc(O)cc1)c1ccc(O)cc1. The Labute approximate surface area is 138 Å². The van der Waals surface area contributed by atoms with Crippen molar-refractivity contribution in [1.29, 1.82) is 0 Å². The summed E-state index contributed by atoms with van der Waals surface area (Å²) in [6.07, 6.45) is 1.63. The van der Waals surface area contributed by atoms with E-state index in [9.17, 15) is 15.0 Å². The Morgan fingerprint density at radius 2 is 1.38 bits per heavy atom. The molecule has 1 aliphatic heterocycles. The Bertz CT molecular complexity index is 873. The molecule has 118 valence electrons. The largest absolute Gasteiger partial charge is 0.508 e. The molecule has 0 saturated carbocycles. The summed E-state index contributed by atoms with van der Waals surface area (Å²) >= 11 is 0. The van der Waals surface area contributed by atoms with Crippen LogP contribution >= 0.6 is 0 Å². The van der Waals surface area contributed by atoms with Gasteiger partial charge in [0, 0.05) is 11.8 Å². The number of hydrogen-bond donors (Lipinski definition) is 3. The molecule has 0 bridgehead atoms. The van der Waals surface area contributed by atoms with E-state index >= 15 is 0 Å². The van der Waals surface area contributed by atoms with Gasteiger partial charge in [0.2, 0.25) is 5.91 Å². The first kappa shape index (κ1) is 14.3. The van der Waals surface area contributed by atoms with Crippen molar-refractivity contribution in [3.63, 3.8) is 0 Å². The molecule has 5 nitrogen and oxygen atoms in total. The third-order valence-corrected chi connectivity index (χ3v) is 4.38. The number of amides is 1.